The van der Waals surface area contributed by atoms with E-state index in [4.69, 9.17) is 9.47 Å². The SMILES string of the molecule is Cc1cccc(C(=O)N2CC[C@H](Oc3ccccc3)[C@@H](CC(=O)N3CCOCC3)C2)n1. The lowest BCUT2D eigenvalue weighted by Gasteiger charge is -2.39. The molecule has 0 N–H and O–H groups in total. The van der Waals surface area contributed by atoms with Crippen LogP contribution in [0.5, 0.6) is 5.75 Å². The smallest absolute Gasteiger partial charge is 0.272 e. The maximum atomic E-state index is 13.1. The van der Waals surface area contributed by atoms with Gasteiger partial charge in [0.15, 0.2) is 0 Å². The molecule has 3 heterocycles. The second kappa shape index (κ2) is 9.92. The minimum Gasteiger partial charge on any atom is -0.490 e. The topological polar surface area (TPSA) is 72.0 Å². The van der Waals surface area contributed by atoms with Crippen molar-refractivity contribution in [2.45, 2.75) is 25.9 Å². The lowest BCUT2D eigenvalue weighted by molar-refractivity contribution is -0.137. The lowest BCUT2D eigenvalue weighted by Crippen LogP contribution is -2.50. The minimum atomic E-state index is -0.123. The number of para-hydroxylation sites is 1. The van der Waals surface area contributed by atoms with Crippen LogP contribution in [0.2, 0.25) is 0 Å². The van der Waals surface area contributed by atoms with E-state index in [1.165, 1.54) is 0 Å². The predicted molar refractivity (Wildman–Crippen MR) is 116 cm³/mol. The monoisotopic (exact) mass is 423 g/mol. The Morgan fingerprint density at radius 1 is 1.03 bits per heavy atom. The van der Waals surface area contributed by atoms with Gasteiger partial charge in [0, 0.05) is 50.6 Å². The van der Waals surface area contributed by atoms with E-state index in [2.05, 4.69) is 4.98 Å². The summed E-state index contributed by atoms with van der Waals surface area (Å²) in [5.74, 6) is 0.707. The predicted octanol–water partition coefficient (Wildman–Crippen LogP) is 2.55. The first-order valence-electron chi connectivity index (χ1n) is 10.9. The highest BCUT2D eigenvalue weighted by Gasteiger charge is 2.36. The first kappa shape index (κ1) is 21.3. The molecule has 7 heteroatoms. The number of benzene rings is 1. The Kier molecular flexibility index (Phi) is 6.82. The average molecular weight is 424 g/mol. The molecule has 2 amide bonds. The third kappa shape index (κ3) is 5.41. The second-order valence-electron chi connectivity index (χ2n) is 8.13. The number of ether oxygens (including phenoxy) is 2. The normalized spacial score (nSPS) is 21.6. The standard InChI is InChI=1S/C24H29N3O4/c1-18-6-5-9-21(25-18)24(29)27-11-10-22(31-20-7-3-2-4-8-20)19(17-27)16-23(28)26-12-14-30-15-13-26/h2-9,19,22H,10-17H2,1H3/t19-,22-/m0/s1. The Hall–Kier alpha value is -2.93. The van der Waals surface area contributed by atoms with Gasteiger partial charge in [0.05, 0.1) is 13.2 Å². The number of carbonyl (C=O) groups is 2. The van der Waals surface area contributed by atoms with E-state index in [-0.39, 0.29) is 23.8 Å². The van der Waals surface area contributed by atoms with Crippen LogP contribution in [0.15, 0.2) is 48.5 Å². The number of hydrogen-bond donors (Lipinski definition) is 0. The van der Waals surface area contributed by atoms with Gasteiger partial charge in [0.25, 0.3) is 5.91 Å². The number of hydrogen-bond acceptors (Lipinski definition) is 5. The van der Waals surface area contributed by atoms with Crippen molar-refractivity contribution in [3.8, 4) is 5.75 Å². The van der Waals surface area contributed by atoms with Crippen molar-refractivity contribution in [1.29, 1.82) is 0 Å². The molecule has 0 aliphatic carbocycles. The first-order chi connectivity index (χ1) is 15.1. The van der Waals surface area contributed by atoms with Crippen LogP contribution in [0.1, 0.15) is 29.0 Å². The van der Waals surface area contributed by atoms with Crippen molar-refractivity contribution in [2.24, 2.45) is 5.92 Å². The molecule has 1 aromatic heterocycles. The number of pyridine rings is 1. The van der Waals surface area contributed by atoms with Crippen LogP contribution in [0.3, 0.4) is 0 Å². The molecule has 164 valence electrons. The van der Waals surface area contributed by atoms with Crippen LogP contribution in [0.4, 0.5) is 0 Å². The number of aromatic nitrogens is 1. The van der Waals surface area contributed by atoms with Crippen LogP contribution < -0.4 is 4.74 Å². The second-order valence-corrected chi connectivity index (χ2v) is 8.13. The summed E-state index contributed by atoms with van der Waals surface area (Å²) in [4.78, 5) is 34.1. The van der Waals surface area contributed by atoms with Crippen LogP contribution in [-0.4, -0.2) is 72.1 Å². The molecule has 0 bridgehead atoms. The highest BCUT2D eigenvalue weighted by atomic mass is 16.5. The van der Waals surface area contributed by atoms with E-state index in [1.54, 1.807) is 6.07 Å². The summed E-state index contributed by atoms with van der Waals surface area (Å²) in [5, 5.41) is 0. The molecule has 1 aromatic carbocycles. The van der Waals surface area contributed by atoms with E-state index < -0.39 is 0 Å². The van der Waals surface area contributed by atoms with E-state index in [0.29, 0.717) is 57.9 Å². The fourth-order valence-corrected chi connectivity index (χ4v) is 4.21. The van der Waals surface area contributed by atoms with Crippen molar-refractivity contribution in [2.75, 3.05) is 39.4 Å². The molecule has 2 fully saturated rings. The Labute approximate surface area is 183 Å². The zero-order valence-electron chi connectivity index (χ0n) is 17.9. The molecule has 31 heavy (non-hydrogen) atoms. The van der Waals surface area contributed by atoms with Crippen molar-refractivity contribution in [1.82, 2.24) is 14.8 Å². The Bertz CT molecular complexity index is 899. The number of aryl methyl sites for hydroxylation is 1. The lowest BCUT2D eigenvalue weighted by atomic mass is 9.90. The minimum absolute atomic E-state index is 0.0851. The van der Waals surface area contributed by atoms with E-state index in [9.17, 15) is 9.59 Å². The van der Waals surface area contributed by atoms with Gasteiger partial charge in [-0.25, -0.2) is 4.98 Å². The fraction of sp³-hybridized carbons (Fsp3) is 0.458. The van der Waals surface area contributed by atoms with Gasteiger partial charge in [0.2, 0.25) is 5.91 Å². The molecule has 2 saturated heterocycles. The highest BCUT2D eigenvalue weighted by Crippen LogP contribution is 2.27. The third-order valence-electron chi connectivity index (χ3n) is 5.89. The summed E-state index contributed by atoms with van der Waals surface area (Å²) in [6.45, 7) is 5.31. The van der Waals surface area contributed by atoms with Gasteiger partial charge < -0.3 is 19.3 Å². The Balaban J connectivity index is 1.48. The Morgan fingerprint density at radius 2 is 1.81 bits per heavy atom. The number of amides is 2. The molecule has 2 aliphatic rings. The fourth-order valence-electron chi connectivity index (χ4n) is 4.21. The van der Waals surface area contributed by atoms with E-state index in [0.717, 1.165) is 11.4 Å². The van der Waals surface area contributed by atoms with Gasteiger partial charge >= 0.3 is 0 Å². The largest absolute Gasteiger partial charge is 0.490 e. The molecule has 4 rings (SSSR count). The van der Waals surface area contributed by atoms with Gasteiger partial charge in [0.1, 0.15) is 17.5 Å². The number of piperidine rings is 1. The first-order valence-corrected chi connectivity index (χ1v) is 10.9. The van der Waals surface area contributed by atoms with Crippen molar-refractivity contribution < 1.29 is 19.1 Å². The zero-order chi connectivity index (χ0) is 21.6. The number of likely N-dealkylation sites (tertiary alicyclic amines) is 1. The maximum absolute atomic E-state index is 13.1. The summed E-state index contributed by atoms with van der Waals surface area (Å²) >= 11 is 0. The van der Waals surface area contributed by atoms with Crippen LogP contribution in [0, 0.1) is 12.8 Å². The molecule has 0 unspecified atom stereocenters. The summed E-state index contributed by atoms with van der Waals surface area (Å²) in [6.07, 6.45) is 0.901. The number of rotatable bonds is 5. The Morgan fingerprint density at radius 3 is 2.55 bits per heavy atom. The molecule has 0 saturated carbocycles. The molecular weight excluding hydrogens is 394 g/mol. The van der Waals surface area contributed by atoms with Crippen molar-refractivity contribution in [3.63, 3.8) is 0 Å². The average Bonchev–Trinajstić information content (AvgIpc) is 2.81. The third-order valence-corrected chi connectivity index (χ3v) is 5.89. The molecule has 2 atom stereocenters. The van der Waals surface area contributed by atoms with Gasteiger partial charge in [-0.1, -0.05) is 24.3 Å². The zero-order valence-corrected chi connectivity index (χ0v) is 17.9. The van der Waals surface area contributed by atoms with Gasteiger partial charge in [-0.15, -0.1) is 0 Å². The number of carbonyl (C=O) groups excluding carboxylic acids is 2. The molecular formula is C24H29N3O4. The number of nitrogens with zero attached hydrogens (tertiary/aromatic N) is 3. The van der Waals surface area contributed by atoms with Crippen LogP contribution in [-0.2, 0) is 9.53 Å². The van der Waals surface area contributed by atoms with Gasteiger partial charge in [-0.3, -0.25) is 9.59 Å². The molecule has 2 aliphatic heterocycles. The highest BCUT2D eigenvalue weighted by molar-refractivity contribution is 5.92. The van der Waals surface area contributed by atoms with Crippen molar-refractivity contribution >= 4 is 11.8 Å². The maximum Gasteiger partial charge on any atom is 0.272 e. The number of morpholine rings is 1. The van der Waals surface area contributed by atoms with Gasteiger partial charge in [-0.2, -0.15) is 0 Å². The van der Waals surface area contributed by atoms with E-state index in [1.807, 2.05) is 59.2 Å². The summed E-state index contributed by atoms with van der Waals surface area (Å²) in [7, 11) is 0. The quantitative estimate of drug-likeness (QED) is 0.739. The van der Waals surface area contributed by atoms with Crippen LogP contribution >= 0.6 is 0 Å². The molecule has 2 aromatic rings. The summed E-state index contributed by atoms with van der Waals surface area (Å²) < 4.78 is 11.6. The van der Waals surface area contributed by atoms with Crippen LogP contribution in [0.25, 0.3) is 0 Å². The van der Waals surface area contributed by atoms with E-state index >= 15 is 0 Å². The van der Waals surface area contributed by atoms with Gasteiger partial charge in [-0.05, 0) is 31.2 Å². The van der Waals surface area contributed by atoms with Crippen molar-refractivity contribution in [3.05, 3.63) is 59.9 Å². The molecule has 0 spiro atoms. The summed E-state index contributed by atoms with van der Waals surface area (Å²) in [5.41, 5.74) is 1.26. The molecule has 7 nitrogen and oxygen atoms in total. The summed E-state index contributed by atoms with van der Waals surface area (Å²) in [6, 6.07) is 15.1. The molecule has 0 radical (unpaired) electrons.